The minimum atomic E-state index is -0.699. The van der Waals surface area contributed by atoms with Crippen molar-refractivity contribution in [2.75, 3.05) is 31.9 Å². The van der Waals surface area contributed by atoms with Gasteiger partial charge < -0.3 is 5.32 Å². The molecule has 2 aliphatic heterocycles. The summed E-state index contributed by atoms with van der Waals surface area (Å²) in [5, 5.41) is 3.39. The van der Waals surface area contributed by atoms with Crippen LogP contribution in [0.15, 0.2) is 0 Å². The lowest BCUT2D eigenvalue weighted by atomic mass is 10.0. The van der Waals surface area contributed by atoms with Gasteiger partial charge in [0.05, 0.1) is 11.0 Å². The third-order valence-corrected chi connectivity index (χ3v) is 4.65. The molecular formula is C9H18N2OS. The molecule has 2 fully saturated rings. The van der Waals surface area contributed by atoms with Gasteiger partial charge in [-0.05, 0) is 31.3 Å². The first kappa shape index (κ1) is 9.62. The van der Waals surface area contributed by atoms with Gasteiger partial charge in [0.2, 0.25) is 0 Å². The summed E-state index contributed by atoms with van der Waals surface area (Å²) < 4.78 is 13.9. The average molecular weight is 202 g/mol. The van der Waals surface area contributed by atoms with E-state index in [1.54, 1.807) is 0 Å². The summed E-state index contributed by atoms with van der Waals surface area (Å²) in [6, 6.07) is 0. The van der Waals surface area contributed by atoms with Gasteiger partial charge in [0.1, 0.15) is 0 Å². The lowest BCUT2D eigenvalue weighted by Crippen LogP contribution is -2.29. The highest BCUT2D eigenvalue weighted by molar-refractivity contribution is 7.82. The van der Waals surface area contributed by atoms with Crippen molar-refractivity contribution in [2.45, 2.75) is 13.3 Å². The van der Waals surface area contributed by atoms with Crippen LogP contribution in [0, 0.1) is 11.8 Å². The van der Waals surface area contributed by atoms with Crippen molar-refractivity contribution < 1.29 is 4.21 Å². The number of nitrogens with zero attached hydrogens (tertiary/aromatic N) is 1. The molecule has 0 bridgehead atoms. The first-order valence-corrected chi connectivity index (χ1v) is 6.43. The third-order valence-electron chi connectivity index (χ3n) is 3.02. The van der Waals surface area contributed by atoms with Crippen LogP contribution in [0.25, 0.3) is 0 Å². The largest absolute Gasteiger partial charge is 0.316 e. The van der Waals surface area contributed by atoms with Gasteiger partial charge >= 0.3 is 0 Å². The Morgan fingerprint density at radius 2 is 2.00 bits per heavy atom. The molecule has 0 radical (unpaired) electrons. The highest BCUT2D eigenvalue weighted by Crippen LogP contribution is 2.27. The fraction of sp³-hybridized carbons (Fsp3) is 1.00. The summed E-state index contributed by atoms with van der Waals surface area (Å²) in [7, 11) is -0.699. The summed E-state index contributed by atoms with van der Waals surface area (Å²) in [5.41, 5.74) is 0. The third kappa shape index (κ3) is 1.95. The molecule has 0 aromatic rings. The maximum atomic E-state index is 11.7. The Morgan fingerprint density at radius 1 is 1.38 bits per heavy atom. The minimum Gasteiger partial charge on any atom is -0.316 e. The van der Waals surface area contributed by atoms with Crippen LogP contribution >= 0.6 is 0 Å². The van der Waals surface area contributed by atoms with Crippen molar-refractivity contribution in [3.05, 3.63) is 0 Å². The van der Waals surface area contributed by atoms with Gasteiger partial charge in [0.25, 0.3) is 0 Å². The van der Waals surface area contributed by atoms with Crippen LogP contribution in [-0.2, 0) is 11.0 Å². The molecule has 1 unspecified atom stereocenters. The molecule has 0 aromatic carbocycles. The summed E-state index contributed by atoms with van der Waals surface area (Å²) in [6.07, 6.45) is 1.02. The summed E-state index contributed by atoms with van der Waals surface area (Å²) in [6.45, 7) is 6.44. The van der Waals surface area contributed by atoms with Gasteiger partial charge in [-0.2, -0.15) is 0 Å². The molecule has 2 heterocycles. The Bertz CT molecular complexity index is 198. The molecule has 0 amide bonds. The highest BCUT2D eigenvalue weighted by Gasteiger charge is 2.37. The maximum absolute atomic E-state index is 11.7. The number of rotatable bonds is 3. The van der Waals surface area contributed by atoms with Gasteiger partial charge in [-0.15, -0.1) is 0 Å². The molecule has 0 saturated carbocycles. The molecule has 2 rings (SSSR count). The van der Waals surface area contributed by atoms with Crippen LogP contribution in [0.4, 0.5) is 0 Å². The number of nitrogens with one attached hydrogen (secondary N) is 1. The molecule has 2 saturated heterocycles. The Hall–Kier alpha value is 0.0700. The first-order valence-electron chi connectivity index (χ1n) is 5.15. The molecule has 3 atom stereocenters. The molecule has 2 aliphatic rings. The molecule has 0 spiro atoms. The van der Waals surface area contributed by atoms with Crippen LogP contribution < -0.4 is 5.32 Å². The van der Waals surface area contributed by atoms with E-state index < -0.39 is 11.0 Å². The van der Waals surface area contributed by atoms with Gasteiger partial charge in [-0.1, -0.05) is 6.92 Å². The Kier molecular flexibility index (Phi) is 3.01. The zero-order valence-electron chi connectivity index (χ0n) is 8.16. The molecule has 76 valence electrons. The van der Waals surface area contributed by atoms with Gasteiger partial charge in [-0.25, -0.2) is 8.51 Å². The van der Waals surface area contributed by atoms with Crippen LogP contribution in [0.1, 0.15) is 13.3 Å². The smallest absolute Gasteiger partial charge is 0.0942 e. The lowest BCUT2D eigenvalue weighted by molar-refractivity contribution is 0.489. The zero-order valence-corrected chi connectivity index (χ0v) is 8.98. The molecule has 13 heavy (non-hydrogen) atoms. The van der Waals surface area contributed by atoms with Crippen LogP contribution in [0.2, 0.25) is 0 Å². The van der Waals surface area contributed by atoms with Crippen molar-refractivity contribution in [3.8, 4) is 0 Å². The van der Waals surface area contributed by atoms with E-state index in [1.165, 1.54) is 0 Å². The lowest BCUT2D eigenvalue weighted by Gasteiger charge is -2.14. The number of fused-ring (bicyclic) bond motifs is 1. The van der Waals surface area contributed by atoms with E-state index in [-0.39, 0.29) is 0 Å². The predicted molar refractivity (Wildman–Crippen MR) is 54.7 cm³/mol. The summed E-state index contributed by atoms with van der Waals surface area (Å²) in [4.78, 5) is 0. The van der Waals surface area contributed by atoms with E-state index in [0.717, 1.165) is 50.2 Å². The SMILES string of the molecule is CCCS(=O)N1C[C@H]2CNC[C@H]2C1. The molecular weight excluding hydrogens is 184 g/mol. The predicted octanol–water partition coefficient (Wildman–Crippen LogP) is 0.211. The topological polar surface area (TPSA) is 32.3 Å². The number of hydrogen-bond donors (Lipinski definition) is 1. The van der Waals surface area contributed by atoms with Crippen molar-refractivity contribution in [3.63, 3.8) is 0 Å². The second-order valence-corrected chi connectivity index (χ2v) is 5.62. The van der Waals surface area contributed by atoms with Gasteiger partial charge in [0.15, 0.2) is 0 Å². The van der Waals surface area contributed by atoms with E-state index in [0.29, 0.717) is 0 Å². The number of hydrogen-bond acceptors (Lipinski definition) is 2. The molecule has 0 aliphatic carbocycles. The van der Waals surface area contributed by atoms with E-state index in [4.69, 9.17) is 0 Å². The van der Waals surface area contributed by atoms with E-state index in [2.05, 4.69) is 16.5 Å². The first-order chi connectivity index (χ1) is 6.31. The fourth-order valence-corrected chi connectivity index (χ4v) is 3.61. The van der Waals surface area contributed by atoms with E-state index >= 15 is 0 Å². The van der Waals surface area contributed by atoms with Crippen molar-refractivity contribution >= 4 is 11.0 Å². The molecule has 0 aromatic heterocycles. The maximum Gasteiger partial charge on any atom is 0.0942 e. The highest BCUT2D eigenvalue weighted by atomic mass is 32.2. The molecule has 4 heteroatoms. The van der Waals surface area contributed by atoms with Crippen LogP contribution in [0.5, 0.6) is 0 Å². The quantitative estimate of drug-likeness (QED) is 0.709. The Morgan fingerprint density at radius 3 is 2.54 bits per heavy atom. The standard InChI is InChI=1S/C9H18N2OS/c1-2-3-13(12)11-6-8-4-10-5-9(8)7-11/h8-10H,2-7H2,1H3/t8-,9+,13?. The second-order valence-electron chi connectivity index (χ2n) is 4.05. The minimum absolute atomic E-state index is 0.699. The van der Waals surface area contributed by atoms with Gasteiger partial charge in [-0.3, -0.25) is 0 Å². The van der Waals surface area contributed by atoms with E-state index in [9.17, 15) is 4.21 Å². The van der Waals surface area contributed by atoms with Crippen LogP contribution in [0.3, 0.4) is 0 Å². The van der Waals surface area contributed by atoms with Crippen molar-refractivity contribution in [1.29, 1.82) is 0 Å². The summed E-state index contributed by atoms with van der Waals surface area (Å²) in [5.74, 6) is 2.37. The Labute approximate surface area is 82.5 Å². The van der Waals surface area contributed by atoms with Crippen molar-refractivity contribution in [1.82, 2.24) is 9.62 Å². The monoisotopic (exact) mass is 202 g/mol. The van der Waals surface area contributed by atoms with Crippen LogP contribution in [-0.4, -0.2) is 40.4 Å². The second kappa shape index (κ2) is 4.07. The van der Waals surface area contributed by atoms with Gasteiger partial charge in [0, 0.05) is 18.8 Å². The molecule has 1 N–H and O–H groups in total. The summed E-state index contributed by atoms with van der Waals surface area (Å²) >= 11 is 0. The average Bonchev–Trinajstić information content (AvgIpc) is 2.61. The molecule has 3 nitrogen and oxygen atoms in total. The van der Waals surface area contributed by atoms with Crippen molar-refractivity contribution in [2.24, 2.45) is 11.8 Å². The van der Waals surface area contributed by atoms with E-state index in [1.807, 2.05) is 0 Å². The fourth-order valence-electron chi connectivity index (χ4n) is 2.28. The Balaban J connectivity index is 1.87. The normalized spacial score (nSPS) is 36.4. The zero-order chi connectivity index (χ0) is 9.26.